The average molecular weight is 237 g/mol. The Balaban J connectivity index is 2.53. The number of rotatable bonds is 7. The molecule has 0 spiro atoms. The van der Waals surface area contributed by atoms with Crippen molar-refractivity contribution in [2.24, 2.45) is 18.7 Å². The van der Waals surface area contributed by atoms with Crippen molar-refractivity contribution in [2.45, 2.75) is 26.8 Å². The lowest BCUT2D eigenvalue weighted by atomic mass is 10.2. The summed E-state index contributed by atoms with van der Waals surface area (Å²) in [5.74, 6) is 0.852. The SMILES string of the molecule is CC(C)CN(CCC(=N)N)Cc1ccn(C)n1. The van der Waals surface area contributed by atoms with Crippen LogP contribution in [-0.4, -0.2) is 33.6 Å². The summed E-state index contributed by atoms with van der Waals surface area (Å²) in [7, 11) is 1.92. The summed E-state index contributed by atoms with van der Waals surface area (Å²) in [6.45, 7) is 7.04. The molecule has 0 aliphatic carbocycles. The smallest absolute Gasteiger partial charge is 0.0918 e. The van der Waals surface area contributed by atoms with Crippen molar-refractivity contribution in [1.82, 2.24) is 14.7 Å². The minimum absolute atomic E-state index is 0.250. The first-order valence-electron chi connectivity index (χ1n) is 6.01. The number of aryl methyl sites for hydroxylation is 1. The highest BCUT2D eigenvalue weighted by Crippen LogP contribution is 2.06. The minimum atomic E-state index is 0.250. The molecule has 5 heteroatoms. The van der Waals surface area contributed by atoms with E-state index in [4.69, 9.17) is 11.1 Å². The Bertz CT molecular complexity index is 356. The summed E-state index contributed by atoms with van der Waals surface area (Å²) >= 11 is 0. The highest BCUT2D eigenvalue weighted by atomic mass is 15.3. The van der Waals surface area contributed by atoms with E-state index in [1.54, 1.807) is 0 Å². The van der Waals surface area contributed by atoms with Crippen molar-refractivity contribution in [3.05, 3.63) is 18.0 Å². The molecule has 0 atom stereocenters. The third-order valence-electron chi connectivity index (χ3n) is 2.48. The molecule has 1 rings (SSSR count). The monoisotopic (exact) mass is 237 g/mol. The lowest BCUT2D eigenvalue weighted by molar-refractivity contribution is 0.239. The molecule has 17 heavy (non-hydrogen) atoms. The van der Waals surface area contributed by atoms with Gasteiger partial charge in [-0.15, -0.1) is 0 Å². The Labute approximate surface area is 103 Å². The molecule has 0 aromatic carbocycles. The fourth-order valence-electron chi connectivity index (χ4n) is 1.81. The van der Waals surface area contributed by atoms with Crippen LogP contribution in [0.1, 0.15) is 26.0 Å². The van der Waals surface area contributed by atoms with Crippen molar-refractivity contribution < 1.29 is 0 Å². The van der Waals surface area contributed by atoms with Gasteiger partial charge in [-0.2, -0.15) is 5.10 Å². The molecule has 0 bridgehead atoms. The molecule has 0 aliphatic rings. The molecule has 1 aromatic heterocycles. The first kappa shape index (κ1) is 13.7. The van der Waals surface area contributed by atoms with Gasteiger partial charge < -0.3 is 5.73 Å². The van der Waals surface area contributed by atoms with Gasteiger partial charge in [0.05, 0.1) is 11.5 Å². The minimum Gasteiger partial charge on any atom is -0.388 e. The standard InChI is InChI=1S/C12H23N5/c1-10(2)8-17(7-5-12(13)14)9-11-4-6-16(3)15-11/h4,6,10H,5,7-9H2,1-3H3,(H3,13,14). The van der Waals surface area contributed by atoms with Crippen molar-refractivity contribution in [2.75, 3.05) is 13.1 Å². The topological polar surface area (TPSA) is 70.9 Å². The van der Waals surface area contributed by atoms with E-state index in [2.05, 4.69) is 23.8 Å². The zero-order chi connectivity index (χ0) is 12.8. The van der Waals surface area contributed by atoms with E-state index < -0.39 is 0 Å². The van der Waals surface area contributed by atoms with Crippen LogP contribution in [0.5, 0.6) is 0 Å². The molecule has 1 heterocycles. The van der Waals surface area contributed by atoms with E-state index in [1.165, 1.54) is 0 Å². The van der Waals surface area contributed by atoms with Crippen molar-refractivity contribution >= 4 is 5.84 Å². The van der Waals surface area contributed by atoms with Gasteiger partial charge in [-0.25, -0.2) is 0 Å². The maximum Gasteiger partial charge on any atom is 0.0918 e. The van der Waals surface area contributed by atoms with Crippen LogP contribution >= 0.6 is 0 Å². The zero-order valence-electron chi connectivity index (χ0n) is 11.0. The fourth-order valence-corrected chi connectivity index (χ4v) is 1.81. The molecule has 0 saturated heterocycles. The predicted octanol–water partition coefficient (Wildman–Crippen LogP) is 1.20. The predicted molar refractivity (Wildman–Crippen MR) is 69.9 cm³/mol. The Kier molecular flexibility index (Phi) is 5.15. The summed E-state index contributed by atoms with van der Waals surface area (Å²) in [5, 5.41) is 11.7. The fraction of sp³-hybridized carbons (Fsp3) is 0.667. The molecule has 96 valence electrons. The number of hydrogen-bond acceptors (Lipinski definition) is 3. The Morgan fingerprint density at radius 1 is 1.59 bits per heavy atom. The molecule has 5 nitrogen and oxygen atoms in total. The molecule has 0 amide bonds. The number of nitrogens with two attached hydrogens (primary N) is 1. The third-order valence-corrected chi connectivity index (χ3v) is 2.48. The van der Waals surface area contributed by atoms with Crippen LogP contribution in [0, 0.1) is 11.3 Å². The number of hydrogen-bond donors (Lipinski definition) is 2. The Morgan fingerprint density at radius 2 is 2.29 bits per heavy atom. The normalized spacial score (nSPS) is 11.4. The molecule has 0 aliphatic heterocycles. The van der Waals surface area contributed by atoms with Gasteiger partial charge in [-0.3, -0.25) is 15.0 Å². The van der Waals surface area contributed by atoms with Crippen LogP contribution in [0.25, 0.3) is 0 Å². The van der Waals surface area contributed by atoms with Gasteiger partial charge in [0, 0.05) is 39.3 Å². The molecule has 0 saturated carbocycles. The van der Waals surface area contributed by atoms with Crippen LogP contribution in [0.4, 0.5) is 0 Å². The van der Waals surface area contributed by atoms with E-state index in [-0.39, 0.29) is 5.84 Å². The van der Waals surface area contributed by atoms with Crippen LogP contribution in [0.15, 0.2) is 12.3 Å². The van der Waals surface area contributed by atoms with Gasteiger partial charge in [0.25, 0.3) is 0 Å². The summed E-state index contributed by atoms with van der Waals surface area (Å²) < 4.78 is 1.81. The van der Waals surface area contributed by atoms with E-state index in [0.717, 1.165) is 25.3 Å². The first-order valence-corrected chi connectivity index (χ1v) is 6.01. The number of amidine groups is 1. The zero-order valence-corrected chi connectivity index (χ0v) is 11.0. The summed E-state index contributed by atoms with van der Waals surface area (Å²) in [6, 6.07) is 2.03. The van der Waals surface area contributed by atoms with Gasteiger partial charge in [-0.05, 0) is 12.0 Å². The Morgan fingerprint density at radius 3 is 2.76 bits per heavy atom. The maximum atomic E-state index is 7.29. The molecule has 0 unspecified atom stereocenters. The lowest BCUT2D eigenvalue weighted by Crippen LogP contribution is -2.31. The highest BCUT2D eigenvalue weighted by molar-refractivity contribution is 5.76. The molecule has 0 radical (unpaired) electrons. The lowest BCUT2D eigenvalue weighted by Gasteiger charge is -2.23. The van der Waals surface area contributed by atoms with Crippen LogP contribution < -0.4 is 5.73 Å². The summed E-state index contributed by atoms with van der Waals surface area (Å²) in [4.78, 5) is 2.30. The average Bonchev–Trinajstić information content (AvgIpc) is 2.59. The second-order valence-electron chi connectivity index (χ2n) is 4.88. The van der Waals surface area contributed by atoms with E-state index >= 15 is 0 Å². The van der Waals surface area contributed by atoms with Gasteiger partial charge in [0.2, 0.25) is 0 Å². The number of aromatic nitrogens is 2. The van der Waals surface area contributed by atoms with Gasteiger partial charge in [0.15, 0.2) is 0 Å². The third kappa shape index (κ3) is 5.49. The van der Waals surface area contributed by atoms with E-state index in [0.29, 0.717) is 12.3 Å². The van der Waals surface area contributed by atoms with Crippen LogP contribution in [-0.2, 0) is 13.6 Å². The number of nitrogens with zero attached hydrogens (tertiary/aromatic N) is 3. The van der Waals surface area contributed by atoms with E-state index in [1.807, 2.05) is 24.0 Å². The van der Waals surface area contributed by atoms with Gasteiger partial charge in [-0.1, -0.05) is 13.8 Å². The Hall–Kier alpha value is -1.36. The van der Waals surface area contributed by atoms with Crippen LogP contribution in [0.3, 0.4) is 0 Å². The van der Waals surface area contributed by atoms with Gasteiger partial charge >= 0.3 is 0 Å². The first-order chi connectivity index (χ1) is 7.97. The largest absolute Gasteiger partial charge is 0.388 e. The van der Waals surface area contributed by atoms with E-state index in [9.17, 15) is 0 Å². The molecular weight excluding hydrogens is 214 g/mol. The van der Waals surface area contributed by atoms with Crippen molar-refractivity contribution in [3.8, 4) is 0 Å². The molecular formula is C12H23N5. The number of nitrogens with one attached hydrogen (secondary N) is 1. The summed E-state index contributed by atoms with van der Waals surface area (Å²) in [5.41, 5.74) is 6.47. The quantitative estimate of drug-likeness (QED) is 0.553. The summed E-state index contributed by atoms with van der Waals surface area (Å²) in [6.07, 6.45) is 2.58. The molecule has 0 fully saturated rings. The maximum absolute atomic E-state index is 7.29. The van der Waals surface area contributed by atoms with Crippen molar-refractivity contribution in [1.29, 1.82) is 5.41 Å². The second-order valence-corrected chi connectivity index (χ2v) is 4.88. The molecule has 1 aromatic rings. The molecule has 3 N–H and O–H groups in total. The van der Waals surface area contributed by atoms with Crippen LogP contribution in [0.2, 0.25) is 0 Å². The second kappa shape index (κ2) is 6.39. The highest BCUT2D eigenvalue weighted by Gasteiger charge is 2.10. The van der Waals surface area contributed by atoms with Gasteiger partial charge in [0.1, 0.15) is 0 Å². The van der Waals surface area contributed by atoms with Crippen molar-refractivity contribution in [3.63, 3.8) is 0 Å².